The van der Waals surface area contributed by atoms with Crippen LogP contribution in [0, 0.1) is 6.92 Å². The number of carbonyl (C=O) groups excluding carboxylic acids is 1. The number of aryl methyl sites for hydroxylation is 1. The minimum atomic E-state index is -0.522. The molecule has 4 nitrogen and oxygen atoms in total. The fourth-order valence-corrected chi connectivity index (χ4v) is 1.42. The predicted octanol–water partition coefficient (Wildman–Crippen LogP) is 1.51. The van der Waals surface area contributed by atoms with Gasteiger partial charge in [0, 0.05) is 11.8 Å². The maximum absolute atomic E-state index is 11.4. The van der Waals surface area contributed by atoms with Gasteiger partial charge < -0.3 is 9.72 Å². The van der Waals surface area contributed by atoms with Gasteiger partial charge in [0.05, 0.1) is 17.2 Å². The van der Waals surface area contributed by atoms with E-state index in [0.717, 1.165) is 6.07 Å². The molecule has 1 heterocycles. The molecule has 0 saturated heterocycles. The molecule has 0 aromatic carbocycles. The van der Waals surface area contributed by atoms with Gasteiger partial charge >= 0.3 is 5.97 Å². The Hall–Kier alpha value is -1.29. The van der Waals surface area contributed by atoms with Crippen LogP contribution in [-0.2, 0) is 4.74 Å². The summed E-state index contributed by atoms with van der Waals surface area (Å²) in [6.07, 6.45) is 0. The lowest BCUT2D eigenvalue weighted by molar-refractivity contribution is 0.0525. The molecular weight excluding hydrogens is 206 g/mol. The first-order chi connectivity index (χ1) is 6.56. The third kappa shape index (κ3) is 2.14. The van der Waals surface area contributed by atoms with Gasteiger partial charge in [0.25, 0.3) is 0 Å². The first-order valence-corrected chi connectivity index (χ1v) is 4.50. The van der Waals surface area contributed by atoms with Gasteiger partial charge in [-0.25, -0.2) is 4.79 Å². The third-order valence-electron chi connectivity index (χ3n) is 1.66. The van der Waals surface area contributed by atoms with Crippen molar-refractivity contribution in [2.45, 2.75) is 13.8 Å². The van der Waals surface area contributed by atoms with E-state index in [1.54, 1.807) is 13.8 Å². The first-order valence-electron chi connectivity index (χ1n) is 4.12. The lowest BCUT2D eigenvalue weighted by Crippen LogP contribution is -2.14. The lowest BCUT2D eigenvalue weighted by atomic mass is 10.2. The summed E-state index contributed by atoms with van der Waals surface area (Å²) in [6, 6.07) is 1.15. The fourth-order valence-electron chi connectivity index (χ4n) is 1.10. The maximum atomic E-state index is 11.4. The molecule has 0 fully saturated rings. The quantitative estimate of drug-likeness (QED) is 0.761. The van der Waals surface area contributed by atoms with Crippen LogP contribution < -0.4 is 5.56 Å². The second-order valence-corrected chi connectivity index (χ2v) is 3.11. The largest absolute Gasteiger partial charge is 0.462 e. The summed E-state index contributed by atoms with van der Waals surface area (Å²) in [5, 5.41) is 0.115. The Balaban J connectivity index is 3.21. The summed E-state index contributed by atoms with van der Waals surface area (Å²) in [5.41, 5.74) is 0.301. The van der Waals surface area contributed by atoms with Gasteiger partial charge in [-0.2, -0.15) is 0 Å². The average molecular weight is 216 g/mol. The Morgan fingerprint density at radius 3 is 2.79 bits per heavy atom. The normalized spacial score (nSPS) is 9.93. The number of rotatable bonds is 2. The molecule has 0 aliphatic rings. The minimum Gasteiger partial charge on any atom is -0.462 e. The van der Waals surface area contributed by atoms with E-state index in [9.17, 15) is 9.59 Å². The highest BCUT2D eigenvalue weighted by molar-refractivity contribution is 6.33. The molecule has 1 aromatic heterocycles. The highest BCUT2D eigenvalue weighted by Crippen LogP contribution is 2.16. The lowest BCUT2D eigenvalue weighted by Gasteiger charge is -2.06. The molecule has 0 amide bonds. The number of hydrogen-bond donors (Lipinski definition) is 1. The number of aromatic amines is 1. The molecule has 0 radical (unpaired) electrons. The van der Waals surface area contributed by atoms with Gasteiger partial charge in [-0.05, 0) is 13.8 Å². The Labute approximate surface area is 85.9 Å². The summed E-state index contributed by atoms with van der Waals surface area (Å²) in [5.74, 6) is -0.522. The van der Waals surface area contributed by atoms with Gasteiger partial charge in [0.1, 0.15) is 0 Å². The van der Waals surface area contributed by atoms with Crippen LogP contribution in [0.25, 0.3) is 0 Å². The van der Waals surface area contributed by atoms with E-state index in [2.05, 4.69) is 4.98 Å². The number of halogens is 1. The summed E-state index contributed by atoms with van der Waals surface area (Å²) >= 11 is 5.74. The van der Waals surface area contributed by atoms with E-state index in [1.807, 2.05) is 0 Å². The van der Waals surface area contributed by atoms with Gasteiger partial charge in [-0.1, -0.05) is 11.6 Å². The zero-order valence-electron chi connectivity index (χ0n) is 7.89. The van der Waals surface area contributed by atoms with Crippen LogP contribution in [0.15, 0.2) is 10.9 Å². The monoisotopic (exact) mass is 215 g/mol. The fraction of sp³-hybridized carbons (Fsp3) is 0.333. The minimum absolute atomic E-state index is 0.115. The van der Waals surface area contributed by atoms with Crippen molar-refractivity contribution < 1.29 is 9.53 Å². The second kappa shape index (κ2) is 4.28. The molecule has 0 bridgehead atoms. The molecule has 0 unspecified atom stereocenters. The van der Waals surface area contributed by atoms with E-state index < -0.39 is 5.97 Å². The van der Waals surface area contributed by atoms with Crippen LogP contribution in [-0.4, -0.2) is 17.6 Å². The molecule has 0 spiro atoms. The van der Waals surface area contributed by atoms with Crippen LogP contribution in [0.5, 0.6) is 0 Å². The Kier molecular flexibility index (Phi) is 3.30. The van der Waals surface area contributed by atoms with Crippen molar-refractivity contribution >= 4 is 17.6 Å². The van der Waals surface area contributed by atoms with Gasteiger partial charge in [0.15, 0.2) is 0 Å². The number of hydrogen-bond acceptors (Lipinski definition) is 3. The molecular formula is C9H10ClNO3. The molecule has 0 atom stereocenters. The van der Waals surface area contributed by atoms with Crippen molar-refractivity contribution in [1.29, 1.82) is 0 Å². The van der Waals surface area contributed by atoms with Crippen molar-refractivity contribution in [2.24, 2.45) is 0 Å². The molecule has 76 valence electrons. The number of H-pyrrole nitrogens is 1. The zero-order chi connectivity index (χ0) is 10.7. The Morgan fingerprint density at radius 1 is 1.64 bits per heavy atom. The number of pyridine rings is 1. The molecule has 1 rings (SSSR count). The second-order valence-electron chi connectivity index (χ2n) is 2.70. The summed E-state index contributed by atoms with van der Waals surface area (Å²) < 4.78 is 4.78. The summed E-state index contributed by atoms with van der Waals surface area (Å²) in [4.78, 5) is 24.8. The number of esters is 1. The molecule has 0 saturated carbocycles. The highest BCUT2D eigenvalue weighted by Gasteiger charge is 2.15. The number of nitrogens with one attached hydrogen (secondary N) is 1. The van der Waals surface area contributed by atoms with Crippen molar-refractivity contribution in [2.75, 3.05) is 6.61 Å². The SMILES string of the molecule is CCOC(=O)c1c(Cl)cc(=O)[nH]c1C. The standard InChI is InChI=1S/C9H10ClNO3/c1-3-14-9(13)8-5(2)11-7(12)4-6(8)10/h4H,3H2,1-2H3,(H,11,12). The predicted molar refractivity (Wildman–Crippen MR) is 52.8 cm³/mol. The van der Waals surface area contributed by atoms with E-state index in [4.69, 9.17) is 16.3 Å². The van der Waals surface area contributed by atoms with Crippen LogP contribution in [0.2, 0.25) is 5.02 Å². The van der Waals surface area contributed by atoms with Gasteiger partial charge in [-0.15, -0.1) is 0 Å². The molecule has 14 heavy (non-hydrogen) atoms. The van der Waals surface area contributed by atoms with Crippen LogP contribution in [0.4, 0.5) is 0 Å². The van der Waals surface area contributed by atoms with Crippen molar-refractivity contribution in [1.82, 2.24) is 4.98 Å². The van der Waals surface area contributed by atoms with Crippen LogP contribution in [0.1, 0.15) is 23.0 Å². The van der Waals surface area contributed by atoms with Crippen molar-refractivity contribution in [3.05, 3.63) is 32.7 Å². The zero-order valence-corrected chi connectivity index (χ0v) is 8.64. The maximum Gasteiger partial charge on any atom is 0.341 e. The van der Waals surface area contributed by atoms with E-state index in [1.165, 1.54) is 0 Å². The van der Waals surface area contributed by atoms with E-state index in [-0.39, 0.29) is 22.8 Å². The number of carbonyl (C=O) groups is 1. The molecule has 0 aliphatic carbocycles. The topological polar surface area (TPSA) is 59.2 Å². The summed E-state index contributed by atoms with van der Waals surface area (Å²) in [6.45, 7) is 3.57. The van der Waals surface area contributed by atoms with E-state index >= 15 is 0 Å². The van der Waals surface area contributed by atoms with Crippen LogP contribution >= 0.6 is 11.6 Å². The van der Waals surface area contributed by atoms with E-state index in [0.29, 0.717) is 5.69 Å². The number of aromatic nitrogens is 1. The molecule has 0 aliphatic heterocycles. The van der Waals surface area contributed by atoms with Crippen molar-refractivity contribution in [3.63, 3.8) is 0 Å². The van der Waals surface area contributed by atoms with Gasteiger partial charge in [-0.3, -0.25) is 4.79 Å². The molecule has 1 aromatic rings. The Morgan fingerprint density at radius 2 is 2.29 bits per heavy atom. The smallest absolute Gasteiger partial charge is 0.341 e. The summed E-state index contributed by atoms with van der Waals surface area (Å²) in [7, 11) is 0. The average Bonchev–Trinajstić information content (AvgIpc) is 2.01. The van der Waals surface area contributed by atoms with Crippen molar-refractivity contribution in [3.8, 4) is 0 Å². The third-order valence-corrected chi connectivity index (χ3v) is 1.96. The molecule has 1 N–H and O–H groups in total. The van der Waals surface area contributed by atoms with Crippen LogP contribution in [0.3, 0.4) is 0 Å². The number of ether oxygens (including phenoxy) is 1. The molecule has 5 heteroatoms. The Bertz CT molecular complexity index is 385. The first kappa shape index (κ1) is 10.8. The highest BCUT2D eigenvalue weighted by atomic mass is 35.5. The van der Waals surface area contributed by atoms with Gasteiger partial charge in [0.2, 0.25) is 5.56 Å².